The van der Waals surface area contributed by atoms with E-state index in [4.69, 9.17) is 4.52 Å². The second kappa shape index (κ2) is 10.8. The lowest BCUT2D eigenvalue weighted by Gasteiger charge is -2.30. The number of hydrogen-bond acceptors (Lipinski definition) is 6. The molecule has 0 aromatic carbocycles. The molecule has 6 nitrogen and oxygen atoms in total. The Morgan fingerprint density at radius 1 is 1.38 bits per heavy atom. The molecule has 0 saturated carbocycles. The quantitative estimate of drug-likeness (QED) is 0.487. The first-order chi connectivity index (χ1) is 14.0. The number of amides is 1. The summed E-state index contributed by atoms with van der Waals surface area (Å²) in [6.07, 6.45) is 6.51. The molecular formula is C22H32N4O2S. The second-order valence-corrected chi connectivity index (χ2v) is 8.92. The number of nitrogens with zero attached hydrogens (tertiary/aromatic N) is 3. The molecule has 0 aliphatic carbocycles. The maximum Gasteiger partial charge on any atom is 0.254 e. The fourth-order valence-electron chi connectivity index (χ4n) is 3.77. The minimum Gasteiger partial charge on any atom is -0.361 e. The van der Waals surface area contributed by atoms with Gasteiger partial charge in [0, 0.05) is 30.6 Å². The normalized spacial score (nSPS) is 17.4. The number of aryl methyl sites for hydroxylation is 2. The predicted octanol–water partition coefficient (Wildman–Crippen LogP) is 4.22. The first-order valence-electron chi connectivity index (χ1n) is 10.5. The Morgan fingerprint density at radius 3 is 3.00 bits per heavy atom. The van der Waals surface area contributed by atoms with E-state index in [1.54, 1.807) is 18.0 Å². The number of nitrogens with one attached hydrogen (secondary N) is 1. The van der Waals surface area contributed by atoms with Gasteiger partial charge in [-0.2, -0.15) is 0 Å². The van der Waals surface area contributed by atoms with Gasteiger partial charge in [0.15, 0.2) is 0 Å². The smallest absolute Gasteiger partial charge is 0.254 e. The van der Waals surface area contributed by atoms with E-state index in [9.17, 15) is 4.79 Å². The van der Waals surface area contributed by atoms with Crippen molar-refractivity contribution in [2.45, 2.75) is 57.2 Å². The molecule has 0 radical (unpaired) electrons. The number of hydrogen-bond donors (Lipinski definition) is 1. The Hall–Kier alpha value is -1.86. The summed E-state index contributed by atoms with van der Waals surface area (Å²) in [7, 11) is 0. The number of aromatic nitrogens is 2. The van der Waals surface area contributed by atoms with Crippen molar-refractivity contribution >= 4 is 17.7 Å². The number of rotatable bonds is 9. The number of thioether (sulfide) groups is 1. The van der Waals surface area contributed by atoms with Crippen LogP contribution in [0.3, 0.4) is 0 Å². The summed E-state index contributed by atoms with van der Waals surface area (Å²) in [5.74, 6) is 2.27. The lowest BCUT2D eigenvalue weighted by atomic mass is 10.0. The molecule has 3 heterocycles. The second-order valence-electron chi connectivity index (χ2n) is 7.96. The summed E-state index contributed by atoms with van der Waals surface area (Å²) >= 11 is 1.55. The van der Waals surface area contributed by atoms with Gasteiger partial charge in [0.05, 0.1) is 11.3 Å². The predicted molar refractivity (Wildman–Crippen MR) is 116 cm³/mol. The van der Waals surface area contributed by atoms with E-state index in [1.807, 2.05) is 26.0 Å². The fourth-order valence-corrected chi connectivity index (χ4v) is 4.92. The topological polar surface area (TPSA) is 71.3 Å². The zero-order chi connectivity index (χ0) is 20.6. The molecule has 0 bridgehead atoms. The van der Waals surface area contributed by atoms with Gasteiger partial charge in [-0.25, -0.2) is 4.98 Å². The molecule has 0 spiro atoms. The van der Waals surface area contributed by atoms with E-state index < -0.39 is 0 Å². The van der Waals surface area contributed by atoms with Gasteiger partial charge in [-0.05, 0) is 70.7 Å². The highest BCUT2D eigenvalue weighted by Gasteiger charge is 2.17. The van der Waals surface area contributed by atoms with E-state index in [0.717, 1.165) is 47.3 Å². The number of unbranched alkanes of at least 4 members (excludes halogenated alkanes) is 1. The van der Waals surface area contributed by atoms with Crippen molar-refractivity contribution in [2.24, 2.45) is 5.92 Å². The van der Waals surface area contributed by atoms with Crippen LogP contribution < -0.4 is 5.32 Å². The van der Waals surface area contributed by atoms with Gasteiger partial charge in [0.2, 0.25) is 0 Å². The lowest BCUT2D eigenvalue weighted by molar-refractivity contribution is 0.0948. The largest absolute Gasteiger partial charge is 0.361 e. The van der Waals surface area contributed by atoms with Gasteiger partial charge in [0.1, 0.15) is 10.8 Å². The Balaban J connectivity index is 1.44. The Kier molecular flexibility index (Phi) is 8.12. The highest BCUT2D eigenvalue weighted by Crippen LogP contribution is 2.27. The van der Waals surface area contributed by atoms with Gasteiger partial charge in [-0.3, -0.25) is 4.79 Å². The summed E-state index contributed by atoms with van der Waals surface area (Å²) in [6, 6.07) is 3.65. The van der Waals surface area contributed by atoms with E-state index in [1.165, 1.54) is 25.9 Å². The summed E-state index contributed by atoms with van der Waals surface area (Å²) in [5, 5.41) is 7.79. The van der Waals surface area contributed by atoms with Gasteiger partial charge >= 0.3 is 0 Å². The van der Waals surface area contributed by atoms with Crippen molar-refractivity contribution in [3.05, 3.63) is 40.9 Å². The average Bonchev–Trinajstić information content (AvgIpc) is 3.04. The molecule has 3 rings (SSSR count). The van der Waals surface area contributed by atoms with E-state index in [0.29, 0.717) is 17.9 Å². The summed E-state index contributed by atoms with van der Waals surface area (Å²) < 4.78 is 5.22. The highest BCUT2D eigenvalue weighted by molar-refractivity contribution is 7.98. The fraction of sp³-hybridized carbons (Fsp3) is 0.591. The molecule has 158 valence electrons. The van der Waals surface area contributed by atoms with Crippen molar-refractivity contribution in [2.75, 3.05) is 26.2 Å². The first-order valence-corrected chi connectivity index (χ1v) is 11.5. The minimum atomic E-state index is -0.0500. The summed E-state index contributed by atoms with van der Waals surface area (Å²) in [4.78, 5) is 19.6. The van der Waals surface area contributed by atoms with Crippen molar-refractivity contribution in [3.8, 4) is 0 Å². The van der Waals surface area contributed by atoms with E-state index >= 15 is 0 Å². The third kappa shape index (κ3) is 6.31. The lowest BCUT2D eigenvalue weighted by Crippen LogP contribution is -2.35. The number of carbonyl (C=O) groups is 1. The minimum absolute atomic E-state index is 0.0500. The molecule has 1 aliphatic rings. The van der Waals surface area contributed by atoms with E-state index in [2.05, 4.69) is 27.3 Å². The monoisotopic (exact) mass is 416 g/mol. The number of pyridine rings is 1. The van der Waals surface area contributed by atoms with Crippen LogP contribution in [0.25, 0.3) is 0 Å². The standard InChI is InChI=1S/C22H32N4O2S/c1-16-8-7-13-26(14-16)12-5-4-10-23-21(27)19-9-6-11-24-22(19)29-15-20-17(2)25-28-18(20)3/h6,9,11,16H,4-5,7-8,10,12-15H2,1-3H3,(H,23,27)/t16-/m1/s1. The first kappa shape index (κ1) is 21.8. The SMILES string of the molecule is Cc1noc(C)c1CSc1ncccc1C(=O)NCCCCN1CCC[C@@H](C)C1. The molecule has 2 aromatic heterocycles. The number of likely N-dealkylation sites (tertiary alicyclic amines) is 1. The zero-order valence-corrected chi connectivity index (χ0v) is 18.6. The molecule has 1 N–H and O–H groups in total. The molecule has 1 fully saturated rings. The zero-order valence-electron chi connectivity index (χ0n) is 17.7. The van der Waals surface area contributed by atoms with Crippen LogP contribution in [0, 0.1) is 19.8 Å². The number of carbonyl (C=O) groups excluding carboxylic acids is 1. The van der Waals surface area contributed by atoms with Gasteiger partial charge in [-0.15, -0.1) is 11.8 Å². The molecule has 1 amide bonds. The molecule has 0 unspecified atom stereocenters. The third-order valence-electron chi connectivity index (χ3n) is 5.48. The van der Waals surface area contributed by atoms with Crippen molar-refractivity contribution in [1.82, 2.24) is 20.4 Å². The Bertz CT molecular complexity index is 788. The molecular weight excluding hydrogens is 384 g/mol. The van der Waals surface area contributed by atoms with Crippen LogP contribution >= 0.6 is 11.8 Å². The van der Waals surface area contributed by atoms with E-state index in [-0.39, 0.29) is 5.91 Å². The molecule has 1 atom stereocenters. The van der Waals surface area contributed by atoms with Crippen LogP contribution in [-0.2, 0) is 5.75 Å². The van der Waals surface area contributed by atoms with Crippen molar-refractivity contribution < 1.29 is 9.32 Å². The molecule has 1 aliphatic heterocycles. The molecule has 2 aromatic rings. The number of piperidine rings is 1. The van der Waals surface area contributed by atoms with Crippen LogP contribution in [-0.4, -0.2) is 47.1 Å². The van der Waals surface area contributed by atoms with Crippen LogP contribution in [0.2, 0.25) is 0 Å². The van der Waals surface area contributed by atoms with Gasteiger partial charge in [-0.1, -0.05) is 12.1 Å². The van der Waals surface area contributed by atoms with Crippen LogP contribution in [0.5, 0.6) is 0 Å². The molecule has 29 heavy (non-hydrogen) atoms. The van der Waals surface area contributed by atoms with Gasteiger partial charge in [0.25, 0.3) is 5.91 Å². The molecule has 1 saturated heterocycles. The summed E-state index contributed by atoms with van der Waals surface area (Å²) in [6.45, 7) is 10.4. The van der Waals surface area contributed by atoms with Crippen LogP contribution in [0.1, 0.15) is 60.0 Å². The third-order valence-corrected chi connectivity index (χ3v) is 6.51. The van der Waals surface area contributed by atoms with Crippen molar-refractivity contribution in [3.63, 3.8) is 0 Å². The maximum atomic E-state index is 12.7. The summed E-state index contributed by atoms with van der Waals surface area (Å²) in [5.41, 5.74) is 2.59. The average molecular weight is 417 g/mol. The Labute approximate surface area is 177 Å². The van der Waals surface area contributed by atoms with Crippen LogP contribution in [0.15, 0.2) is 27.9 Å². The van der Waals surface area contributed by atoms with Crippen LogP contribution in [0.4, 0.5) is 0 Å². The maximum absolute atomic E-state index is 12.7. The molecule has 7 heteroatoms. The Morgan fingerprint density at radius 2 is 2.24 bits per heavy atom. The van der Waals surface area contributed by atoms with Gasteiger partial charge < -0.3 is 14.7 Å². The highest BCUT2D eigenvalue weighted by atomic mass is 32.2. The van der Waals surface area contributed by atoms with Crippen molar-refractivity contribution in [1.29, 1.82) is 0 Å².